The van der Waals surface area contributed by atoms with Gasteiger partial charge in [-0.1, -0.05) is 158 Å². The number of hydrogen-bond donors (Lipinski definition) is 0. The van der Waals surface area contributed by atoms with Gasteiger partial charge in [0.05, 0.1) is 11.0 Å². The molecular formula is C51H32N4. The van der Waals surface area contributed by atoms with Crippen molar-refractivity contribution in [2.75, 3.05) is 0 Å². The molecule has 0 atom stereocenters. The summed E-state index contributed by atoms with van der Waals surface area (Å²) in [5.74, 6) is 1.90. The minimum absolute atomic E-state index is 0.624. The van der Waals surface area contributed by atoms with Crippen molar-refractivity contribution >= 4 is 54.1 Å². The number of rotatable bonds is 5. The van der Waals surface area contributed by atoms with E-state index < -0.39 is 0 Å². The van der Waals surface area contributed by atoms with Crippen molar-refractivity contribution in [2.45, 2.75) is 0 Å². The zero-order valence-corrected chi connectivity index (χ0v) is 29.8. The first-order valence-electron chi connectivity index (χ1n) is 18.6. The third-order valence-corrected chi connectivity index (χ3v) is 10.8. The Balaban J connectivity index is 1.14. The molecule has 0 saturated heterocycles. The van der Waals surface area contributed by atoms with Crippen molar-refractivity contribution in [1.82, 2.24) is 19.5 Å². The highest BCUT2D eigenvalue weighted by atomic mass is 15.0. The average molecular weight is 701 g/mol. The van der Waals surface area contributed by atoms with Crippen LogP contribution in [0.4, 0.5) is 0 Å². The van der Waals surface area contributed by atoms with Crippen LogP contribution in [0.25, 0.3) is 105 Å². The second kappa shape index (κ2) is 12.6. The lowest BCUT2D eigenvalue weighted by atomic mass is 9.95. The Morgan fingerprint density at radius 3 is 1.64 bits per heavy atom. The molecule has 0 saturated carbocycles. The second-order valence-corrected chi connectivity index (χ2v) is 14.0. The number of fused-ring (bicyclic) bond motifs is 7. The van der Waals surface area contributed by atoms with Crippen molar-refractivity contribution in [3.05, 3.63) is 194 Å². The molecule has 11 aromatic rings. The Hall–Kier alpha value is -7.43. The maximum atomic E-state index is 5.25. The number of aromatic nitrogens is 4. The lowest BCUT2D eigenvalue weighted by Gasteiger charge is -2.14. The van der Waals surface area contributed by atoms with Crippen LogP contribution in [0.15, 0.2) is 194 Å². The van der Waals surface area contributed by atoms with Crippen LogP contribution in [0.1, 0.15) is 0 Å². The summed E-state index contributed by atoms with van der Waals surface area (Å²) in [6.45, 7) is 0. The van der Waals surface area contributed by atoms with Gasteiger partial charge < -0.3 is 4.57 Å². The molecule has 11 rings (SSSR count). The van der Waals surface area contributed by atoms with Gasteiger partial charge in [0.25, 0.3) is 0 Å². The fourth-order valence-electron chi connectivity index (χ4n) is 8.24. The molecular weight excluding hydrogens is 669 g/mol. The minimum Gasteiger partial charge on any atom is -0.309 e. The summed E-state index contributed by atoms with van der Waals surface area (Å²) in [4.78, 5) is 15.5. The standard InChI is InChI=1S/C51H32N4/c1-3-14-33(15-4-1)40-27-28-44(43-25-12-11-24-42(40)43)51-53-49(35-17-5-2-6-18-35)52-50(54-51)38-21-13-22-39(30-38)55-46-29-26-34-16-9-10-23-41(34)48(46)45-31-36-19-7-8-20-37(36)32-47(45)55/h1-32H. The van der Waals surface area contributed by atoms with E-state index in [1.807, 2.05) is 18.2 Å². The Labute approximate surface area is 317 Å². The molecule has 0 aliphatic carbocycles. The highest BCUT2D eigenvalue weighted by Gasteiger charge is 2.19. The lowest BCUT2D eigenvalue weighted by Crippen LogP contribution is -2.01. The molecule has 0 spiro atoms. The number of hydrogen-bond acceptors (Lipinski definition) is 3. The van der Waals surface area contributed by atoms with Crippen molar-refractivity contribution < 1.29 is 0 Å². The second-order valence-electron chi connectivity index (χ2n) is 14.0. The van der Waals surface area contributed by atoms with Crippen molar-refractivity contribution in [1.29, 1.82) is 0 Å². The highest BCUT2D eigenvalue weighted by molar-refractivity contribution is 6.23. The molecule has 0 amide bonds. The molecule has 2 aromatic heterocycles. The molecule has 0 unspecified atom stereocenters. The van der Waals surface area contributed by atoms with Crippen molar-refractivity contribution in [2.24, 2.45) is 0 Å². The maximum absolute atomic E-state index is 5.25. The largest absolute Gasteiger partial charge is 0.309 e. The van der Waals surface area contributed by atoms with Crippen LogP contribution < -0.4 is 0 Å². The van der Waals surface area contributed by atoms with Gasteiger partial charge in [-0.3, -0.25) is 0 Å². The topological polar surface area (TPSA) is 43.6 Å². The van der Waals surface area contributed by atoms with E-state index in [9.17, 15) is 0 Å². The van der Waals surface area contributed by atoms with Crippen LogP contribution in [0.5, 0.6) is 0 Å². The molecule has 9 aromatic carbocycles. The zero-order chi connectivity index (χ0) is 36.3. The van der Waals surface area contributed by atoms with Crippen LogP contribution in [0, 0.1) is 0 Å². The fraction of sp³-hybridized carbons (Fsp3) is 0. The first kappa shape index (κ1) is 31.1. The van der Waals surface area contributed by atoms with Crippen LogP contribution in [-0.4, -0.2) is 19.5 Å². The Morgan fingerprint density at radius 1 is 0.309 bits per heavy atom. The van der Waals surface area contributed by atoms with E-state index in [2.05, 4.69) is 180 Å². The van der Waals surface area contributed by atoms with Gasteiger partial charge in [-0.05, 0) is 79.8 Å². The SMILES string of the molecule is c1ccc(-c2nc(-c3cccc(-n4c5cc6ccccc6cc5c5c6ccccc6ccc54)c3)nc(-c3ccc(-c4ccccc4)c4ccccc34)n2)cc1. The highest BCUT2D eigenvalue weighted by Crippen LogP contribution is 2.40. The number of benzene rings is 9. The summed E-state index contributed by atoms with van der Waals surface area (Å²) < 4.78 is 2.39. The summed E-state index contributed by atoms with van der Waals surface area (Å²) in [5, 5.41) is 9.65. The van der Waals surface area contributed by atoms with Gasteiger partial charge in [0.15, 0.2) is 17.5 Å². The molecule has 0 aliphatic heterocycles. The normalized spacial score (nSPS) is 11.6. The first-order valence-corrected chi connectivity index (χ1v) is 18.6. The smallest absolute Gasteiger partial charge is 0.164 e. The third-order valence-electron chi connectivity index (χ3n) is 10.8. The molecule has 4 heteroatoms. The van der Waals surface area contributed by atoms with Crippen LogP contribution >= 0.6 is 0 Å². The lowest BCUT2D eigenvalue weighted by molar-refractivity contribution is 1.07. The molecule has 0 bridgehead atoms. The van der Waals surface area contributed by atoms with Crippen molar-refractivity contribution in [3.63, 3.8) is 0 Å². The predicted molar refractivity (Wildman–Crippen MR) is 228 cm³/mol. The quantitative estimate of drug-likeness (QED) is 0.179. The summed E-state index contributed by atoms with van der Waals surface area (Å²) in [6, 6.07) is 68.7. The van der Waals surface area contributed by atoms with E-state index >= 15 is 0 Å². The van der Waals surface area contributed by atoms with Gasteiger partial charge in [0, 0.05) is 33.2 Å². The van der Waals surface area contributed by atoms with Crippen LogP contribution in [0.2, 0.25) is 0 Å². The predicted octanol–water partition coefficient (Wildman–Crippen LogP) is 13.1. The molecule has 256 valence electrons. The molecule has 2 heterocycles. The molecule has 4 nitrogen and oxygen atoms in total. The van der Waals surface area contributed by atoms with E-state index in [1.54, 1.807) is 0 Å². The van der Waals surface area contributed by atoms with E-state index in [4.69, 9.17) is 15.0 Å². The Bertz CT molecular complexity index is 3260. The average Bonchev–Trinajstić information content (AvgIpc) is 3.59. The molecule has 55 heavy (non-hydrogen) atoms. The monoisotopic (exact) mass is 700 g/mol. The summed E-state index contributed by atoms with van der Waals surface area (Å²) in [5.41, 5.74) is 8.54. The van der Waals surface area contributed by atoms with Gasteiger partial charge in [-0.25, -0.2) is 15.0 Å². The van der Waals surface area contributed by atoms with E-state index in [-0.39, 0.29) is 0 Å². The summed E-state index contributed by atoms with van der Waals surface area (Å²) in [6.07, 6.45) is 0. The number of nitrogens with zero attached hydrogens (tertiary/aromatic N) is 4. The zero-order valence-electron chi connectivity index (χ0n) is 29.8. The van der Waals surface area contributed by atoms with Gasteiger partial charge in [0.2, 0.25) is 0 Å². The van der Waals surface area contributed by atoms with Crippen molar-refractivity contribution in [3.8, 4) is 51.0 Å². The van der Waals surface area contributed by atoms with Crippen LogP contribution in [-0.2, 0) is 0 Å². The maximum Gasteiger partial charge on any atom is 0.164 e. The molecule has 0 radical (unpaired) electrons. The first-order chi connectivity index (χ1) is 27.3. The van der Waals surface area contributed by atoms with E-state index in [1.165, 1.54) is 43.4 Å². The fourth-order valence-corrected chi connectivity index (χ4v) is 8.24. The summed E-state index contributed by atoms with van der Waals surface area (Å²) in [7, 11) is 0. The van der Waals surface area contributed by atoms with Gasteiger partial charge in [-0.15, -0.1) is 0 Å². The van der Waals surface area contributed by atoms with E-state index in [0.29, 0.717) is 17.5 Å². The summed E-state index contributed by atoms with van der Waals surface area (Å²) >= 11 is 0. The van der Waals surface area contributed by atoms with Gasteiger partial charge in [0.1, 0.15) is 0 Å². The minimum atomic E-state index is 0.624. The molecule has 0 aliphatic rings. The van der Waals surface area contributed by atoms with Gasteiger partial charge >= 0.3 is 0 Å². The van der Waals surface area contributed by atoms with Crippen LogP contribution in [0.3, 0.4) is 0 Å². The van der Waals surface area contributed by atoms with Gasteiger partial charge in [-0.2, -0.15) is 0 Å². The van der Waals surface area contributed by atoms with E-state index in [0.717, 1.165) is 44.2 Å². The third kappa shape index (κ3) is 5.19. The molecule has 0 N–H and O–H groups in total. The molecule has 0 fully saturated rings. The Kier molecular flexibility index (Phi) is 7.14. The Morgan fingerprint density at radius 2 is 0.873 bits per heavy atom.